The number of hydrogen-bond acceptors (Lipinski definition) is 4. The zero-order valence-electron chi connectivity index (χ0n) is 11.4. The third-order valence-electron chi connectivity index (χ3n) is 2.38. The van der Waals surface area contributed by atoms with Gasteiger partial charge in [-0.05, 0) is 6.42 Å². The van der Waals surface area contributed by atoms with Gasteiger partial charge in [0.15, 0.2) is 6.04 Å². The first-order chi connectivity index (χ1) is 8.83. The summed E-state index contributed by atoms with van der Waals surface area (Å²) in [5.74, 6) is -1.59. The molecule has 0 aromatic carbocycles. The Kier molecular flexibility index (Phi) is 7.50. The fraction of sp³-hybridized carbons (Fsp3) is 0.727. The van der Waals surface area contributed by atoms with E-state index in [1.54, 1.807) is 14.1 Å². The Morgan fingerprint density at radius 3 is 2.21 bits per heavy atom. The average molecular weight is 275 g/mol. The zero-order valence-corrected chi connectivity index (χ0v) is 11.4. The van der Waals surface area contributed by atoms with E-state index in [2.05, 4.69) is 5.32 Å². The van der Waals surface area contributed by atoms with Crippen LogP contribution in [0.1, 0.15) is 13.3 Å². The lowest BCUT2D eigenvalue weighted by molar-refractivity contribution is -0.140. The molecule has 110 valence electrons. The Labute approximate surface area is 112 Å². The third-order valence-corrected chi connectivity index (χ3v) is 2.38. The number of hydrogen-bond donors (Lipinski definition) is 3. The van der Waals surface area contributed by atoms with Crippen LogP contribution in [0.25, 0.3) is 0 Å². The molecule has 0 aromatic rings. The SMILES string of the molecule is CCCN(CC(=O)N(C)C)C(=O)N[C@@H](CO)C(=O)O. The van der Waals surface area contributed by atoms with Crippen molar-refractivity contribution in [3.63, 3.8) is 0 Å². The first kappa shape index (κ1) is 17.2. The second-order valence-electron chi connectivity index (χ2n) is 4.23. The number of carbonyl (C=O) groups excluding carboxylic acids is 2. The minimum Gasteiger partial charge on any atom is -0.480 e. The lowest BCUT2D eigenvalue weighted by Crippen LogP contribution is -2.51. The summed E-state index contributed by atoms with van der Waals surface area (Å²) in [4.78, 5) is 36.7. The minimum absolute atomic E-state index is 0.134. The van der Waals surface area contributed by atoms with Crippen LogP contribution in [0.15, 0.2) is 0 Å². The number of likely N-dealkylation sites (N-methyl/N-ethyl adjacent to an activating group) is 1. The molecule has 3 N–H and O–H groups in total. The van der Waals surface area contributed by atoms with Gasteiger partial charge in [0, 0.05) is 20.6 Å². The highest BCUT2D eigenvalue weighted by atomic mass is 16.4. The second kappa shape index (κ2) is 8.30. The molecule has 3 amide bonds. The smallest absolute Gasteiger partial charge is 0.328 e. The molecule has 19 heavy (non-hydrogen) atoms. The molecule has 0 bridgehead atoms. The van der Waals surface area contributed by atoms with Crippen molar-refractivity contribution in [2.45, 2.75) is 19.4 Å². The Morgan fingerprint density at radius 1 is 1.26 bits per heavy atom. The van der Waals surface area contributed by atoms with Gasteiger partial charge in [-0.25, -0.2) is 9.59 Å². The van der Waals surface area contributed by atoms with Crippen LogP contribution in [0.4, 0.5) is 4.79 Å². The molecule has 8 heteroatoms. The Balaban J connectivity index is 4.65. The van der Waals surface area contributed by atoms with Gasteiger partial charge in [-0.3, -0.25) is 4.79 Å². The molecule has 0 unspecified atom stereocenters. The number of nitrogens with zero attached hydrogens (tertiary/aromatic N) is 2. The fourth-order valence-electron chi connectivity index (χ4n) is 1.25. The fourth-order valence-corrected chi connectivity index (χ4v) is 1.25. The molecular formula is C11H21N3O5. The van der Waals surface area contributed by atoms with Crippen LogP contribution in [-0.2, 0) is 9.59 Å². The summed E-state index contributed by atoms with van der Waals surface area (Å²) >= 11 is 0. The van der Waals surface area contributed by atoms with Crippen molar-refractivity contribution in [2.75, 3.05) is 33.8 Å². The van der Waals surface area contributed by atoms with Gasteiger partial charge in [0.05, 0.1) is 6.61 Å². The molecule has 0 fully saturated rings. The van der Waals surface area contributed by atoms with E-state index in [0.717, 1.165) is 0 Å². The topological polar surface area (TPSA) is 110 Å². The third kappa shape index (κ3) is 6.05. The number of amides is 3. The molecule has 0 radical (unpaired) electrons. The van der Waals surface area contributed by atoms with Crippen molar-refractivity contribution in [1.82, 2.24) is 15.1 Å². The molecule has 0 saturated heterocycles. The van der Waals surface area contributed by atoms with Crippen molar-refractivity contribution in [3.05, 3.63) is 0 Å². The monoisotopic (exact) mass is 275 g/mol. The summed E-state index contributed by atoms with van der Waals surface area (Å²) < 4.78 is 0. The Hall–Kier alpha value is -1.83. The summed E-state index contributed by atoms with van der Waals surface area (Å²) in [5, 5.41) is 19.7. The lowest BCUT2D eigenvalue weighted by Gasteiger charge is -2.25. The van der Waals surface area contributed by atoms with E-state index in [1.165, 1.54) is 9.80 Å². The van der Waals surface area contributed by atoms with E-state index in [4.69, 9.17) is 10.2 Å². The largest absolute Gasteiger partial charge is 0.480 e. The maximum atomic E-state index is 11.8. The molecule has 1 atom stereocenters. The number of carboxylic acids is 1. The van der Waals surface area contributed by atoms with E-state index in [-0.39, 0.29) is 12.5 Å². The van der Waals surface area contributed by atoms with Crippen molar-refractivity contribution in [1.29, 1.82) is 0 Å². The van der Waals surface area contributed by atoms with Crippen LogP contribution in [0.5, 0.6) is 0 Å². The number of aliphatic hydroxyl groups is 1. The summed E-state index contributed by atoms with van der Waals surface area (Å²) in [5.41, 5.74) is 0. The van der Waals surface area contributed by atoms with E-state index in [9.17, 15) is 14.4 Å². The second-order valence-corrected chi connectivity index (χ2v) is 4.23. The van der Waals surface area contributed by atoms with Crippen molar-refractivity contribution < 1.29 is 24.6 Å². The number of nitrogens with one attached hydrogen (secondary N) is 1. The lowest BCUT2D eigenvalue weighted by atomic mass is 10.3. The van der Waals surface area contributed by atoms with Crippen molar-refractivity contribution in [2.24, 2.45) is 0 Å². The number of urea groups is 1. The standard InChI is InChI=1S/C11H21N3O5/c1-4-5-14(6-9(16)13(2)3)11(19)12-8(7-15)10(17)18/h8,15H,4-7H2,1-3H3,(H,12,19)(H,17,18)/t8-/m0/s1. The number of aliphatic carboxylic acids is 1. The van der Waals surface area contributed by atoms with E-state index in [0.29, 0.717) is 13.0 Å². The molecule has 0 rings (SSSR count). The molecule has 0 aliphatic rings. The molecule has 0 aliphatic heterocycles. The highest BCUT2D eigenvalue weighted by molar-refractivity contribution is 5.86. The number of aliphatic hydroxyl groups excluding tert-OH is 1. The van der Waals surface area contributed by atoms with Crippen LogP contribution < -0.4 is 5.32 Å². The number of carboxylic acid groups (broad SMARTS) is 1. The van der Waals surface area contributed by atoms with Crippen LogP contribution in [-0.4, -0.2) is 77.8 Å². The first-order valence-corrected chi connectivity index (χ1v) is 5.92. The van der Waals surface area contributed by atoms with Gasteiger partial charge in [0.25, 0.3) is 0 Å². The van der Waals surface area contributed by atoms with E-state index >= 15 is 0 Å². The highest BCUT2D eigenvalue weighted by Gasteiger charge is 2.23. The predicted molar refractivity (Wildman–Crippen MR) is 67.6 cm³/mol. The van der Waals surface area contributed by atoms with Gasteiger partial charge in [-0.2, -0.15) is 0 Å². The van der Waals surface area contributed by atoms with Gasteiger partial charge in [0.1, 0.15) is 6.54 Å². The molecule has 0 aromatic heterocycles. The Bertz CT molecular complexity index is 332. The van der Waals surface area contributed by atoms with Crippen molar-refractivity contribution in [3.8, 4) is 0 Å². The number of rotatable bonds is 7. The summed E-state index contributed by atoms with van der Waals surface area (Å²) in [6.07, 6.45) is 0.630. The van der Waals surface area contributed by atoms with Crippen molar-refractivity contribution >= 4 is 17.9 Å². The van der Waals surface area contributed by atoms with Crippen LogP contribution in [0, 0.1) is 0 Å². The minimum atomic E-state index is -1.37. The average Bonchev–Trinajstić information content (AvgIpc) is 2.34. The quantitative estimate of drug-likeness (QED) is 0.548. The van der Waals surface area contributed by atoms with Gasteiger partial charge in [-0.15, -0.1) is 0 Å². The van der Waals surface area contributed by atoms with E-state index in [1.807, 2.05) is 6.92 Å². The maximum absolute atomic E-state index is 11.8. The van der Waals surface area contributed by atoms with Crippen LogP contribution in [0.2, 0.25) is 0 Å². The van der Waals surface area contributed by atoms with Crippen LogP contribution in [0.3, 0.4) is 0 Å². The van der Waals surface area contributed by atoms with Gasteiger partial charge in [-0.1, -0.05) is 6.92 Å². The zero-order chi connectivity index (χ0) is 15.0. The highest BCUT2D eigenvalue weighted by Crippen LogP contribution is 1.96. The van der Waals surface area contributed by atoms with Gasteiger partial charge >= 0.3 is 12.0 Å². The molecule has 0 heterocycles. The molecule has 8 nitrogen and oxygen atoms in total. The first-order valence-electron chi connectivity index (χ1n) is 5.92. The van der Waals surface area contributed by atoms with Gasteiger partial charge in [0.2, 0.25) is 5.91 Å². The summed E-state index contributed by atoms with van der Waals surface area (Å²) in [6, 6.07) is -2.06. The predicted octanol–water partition coefficient (Wildman–Crippen LogP) is -1.06. The maximum Gasteiger partial charge on any atom is 0.328 e. The van der Waals surface area contributed by atoms with Crippen LogP contribution >= 0.6 is 0 Å². The summed E-state index contributed by atoms with van der Waals surface area (Å²) in [6.45, 7) is 1.32. The van der Waals surface area contributed by atoms with E-state index < -0.39 is 24.6 Å². The Morgan fingerprint density at radius 2 is 1.84 bits per heavy atom. The summed E-state index contributed by atoms with van der Waals surface area (Å²) in [7, 11) is 3.14. The molecule has 0 aliphatic carbocycles. The molecule has 0 spiro atoms. The normalized spacial score (nSPS) is 11.6. The molecule has 0 saturated carbocycles. The number of carbonyl (C=O) groups is 3. The van der Waals surface area contributed by atoms with Gasteiger partial charge < -0.3 is 25.3 Å². The molecular weight excluding hydrogens is 254 g/mol.